The number of esters is 1. The van der Waals surface area contributed by atoms with Crippen LogP contribution >= 0.6 is 0 Å². The lowest BCUT2D eigenvalue weighted by Crippen LogP contribution is -2.59. The summed E-state index contributed by atoms with van der Waals surface area (Å²) in [5.41, 5.74) is -1.91. The molecule has 2 aliphatic carbocycles. The van der Waals surface area contributed by atoms with Crippen molar-refractivity contribution in [2.45, 2.75) is 50.1 Å². The van der Waals surface area contributed by atoms with Crippen LogP contribution in [0.2, 0.25) is 0 Å². The van der Waals surface area contributed by atoms with Crippen molar-refractivity contribution in [1.29, 1.82) is 0 Å². The first-order valence-corrected chi connectivity index (χ1v) is 6.42. The summed E-state index contributed by atoms with van der Waals surface area (Å²) >= 11 is 0. The standard InChI is InChI=1S/C14H16O4/c1-8-3-6-13-10(7-8)17-9-4-5-12(2,14(9,13)16)18-11(13)15/h4-5,7,9-10,16H,3,6H2,1-2H3/t9-,10-,12+,13+,14+/m1/s1. The Morgan fingerprint density at radius 1 is 1.44 bits per heavy atom. The molecule has 0 aromatic carbocycles. The summed E-state index contributed by atoms with van der Waals surface area (Å²) in [7, 11) is 0. The Hall–Kier alpha value is -1.13. The molecule has 4 heteroatoms. The lowest BCUT2D eigenvalue weighted by atomic mass is 9.61. The first kappa shape index (κ1) is 10.8. The zero-order valence-electron chi connectivity index (χ0n) is 10.5. The summed E-state index contributed by atoms with van der Waals surface area (Å²) in [4.78, 5) is 12.4. The van der Waals surface area contributed by atoms with Crippen LogP contribution in [0.25, 0.3) is 0 Å². The second-order valence-corrected chi connectivity index (χ2v) is 6.08. The van der Waals surface area contributed by atoms with Gasteiger partial charge in [0.2, 0.25) is 0 Å². The molecule has 2 fully saturated rings. The van der Waals surface area contributed by atoms with Crippen molar-refractivity contribution in [3.63, 3.8) is 0 Å². The number of allylic oxidation sites excluding steroid dienone is 1. The Labute approximate surface area is 105 Å². The topological polar surface area (TPSA) is 55.8 Å². The SMILES string of the molecule is CC1=C[C@H]2O[C@@H]3C=C[C@]4(C)OC(=O)[C@@]2(CC1)[C@]34O. The third-order valence-electron chi connectivity index (χ3n) is 5.24. The maximum atomic E-state index is 12.4. The van der Waals surface area contributed by atoms with E-state index < -0.39 is 22.7 Å². The lowest BCUT2D eigenvalue weighted by molar-refractivity contribution is -0.156. The number of rotatable bonds is 0. The summed E-state index contributed by atoms with van der Waals surface area (Å²) in [6, 6.07) is 0. The first-order valence-electron chi connectivity index (χ1n) is 6.42. The normalized spacial score (nSPS) is 56.2. The van der Waals surface area contributed by atoms with Crippen LogP contribution < -0.4 is 0 Å². The summed E-state index contributed by atoms with van der Waals surface area (Å²) in [6.45, 7) is 3.80. The zero-order chi connectivity index (χ0) is 12.8. The maximum absolute atomic E-state index is 12.4. The molecule has 0 aromatic rings. The molecule has 0 saturated carbocycles. The highest BCUT2D eigenvalue weighted by Gasteiger charge is 2.82. The molecule has 4 aliphatic rings. The van der Waals surface area contributed by atoms with Crippen LogP contribution in [0.1, 0.15) is 26.7 Å². The summed E-state index contributed by atoms with van der Waals surface area (Å²) in [5, 5.41) is 11.2. The molecule has 0 radical (unpaired) electrons. The summed E-state index contributed by atoms with van der Waals surface area (Å²) in [5.74, 6) is -0.312. The predicted octanol–water partition coefficient (Wildman–Crippen LogP) is 1.10. The van der Waals surface area contributed by atoms with Crippen LogP contribution in [-0.2, 0) is 14.3 Å². The molecule has 5 atom stereocenters. The predicted molar refractivity (Wildman–Crippen MR) is 62.7 cm³/mol. The van der Waals surface area contributed by atoms with Crippen molar-refractivity contribution < 1.29 is 19.4 Å². The van der Waals surface area contributed by atoms with E-state index in [0.29, 0.717) is 6.42 Å². The van der Waals surface area contributed by atoms with Gasteiger partial charge in [0.15, 0.2) is 11.2 Å². The van der Waals surface area contributed by atoms with Crippen LogP contribution in [0.5, 0.6) is 0 Å². The monoisotopic (exact) mass is 248 g/mol. The number of aliphatic hydroxyl groups is 1. The Kier molecular flexibility index (Phi) is 1.63. The van der Waals surface area contributed by atoms with Crippen LogP contribution in [-0.4, -0.2) is 34.5 Å². The van der Waals surface area contributed by atoms with E-state index in [1.54, 1.807) is 13.0 Å². The fourth-order valence-electron chi connectivity index (χ4n) is 4.17. The summed E-state index contributed by atoms with van der Waals surface area (Å²) < 4.78 is 11.4. The van der Waals surface area contributed by atoms with Gasteiger partial charge in [0, 0.05) is 0 Å². The highest BCUT2D eigenvalue weighted by molar-refractivity contribution is 5.86. The van der Waals surface area contributed by atoms with Gasteiger partial charge in [-0.05, 0) is 32.8 Å². The van der Waals surface area contributed by atoms with E-state index in [2.05, 4.69) is 0 Å². The smallest absolute Gasteiger partial charge is 0.319 e. The lowest BCUT2D eigenvalue weighted by Gasteiger charge is -2.39. The molecule has 0 bridgehead atoms. The number of carbonyl (C=O) groups is 1. The third-order valence-corrected chi connectivity index (χ3v) is 5.24. The molecule has 0 amide bonds. The molecule has 2 aliphatic heterocycles. The minimum absolute atomic E-state index is 0.312. The fraction of sp³-hybridized carbons (Fsp3) is 0.643. The van der Waals surface area contributed by atoms with E-state index in [4.69, 9.17) is 9.47 Å². The van der Waals surface area contributed by atoms with E-state index in [1.807, 2.05) is 19.1 Å². The summed E-state index contributed by atoms with van der Waals surface area (Å²) in [6.07, 6.45) is 6.17. The zero-order valence-corrected chi connectivity index (χ0v) is 10.5. The molecule has 0 aromatic heterocycles. The van der Waals surface area contributed by atoms with Crippen molar-refractivity contribution in [1.82, 2.24) is 0 Å². The minimum atomic E-state index is -1.25. The van der Waals surface area contributed by atoms with Crippen LogP contribution in [0.4, 0.5) is 0 Å². The maximum Gasteiger partial charge on any atom is 0.319 e. The largest absolute Gasteiger partial charge is 0.451 e. The van der Waals surface area contributed by atoms with Crippen LogP contribution in [0.3, 0.4) is 0 Å². The quantitative estimate of drug-likeness (QED) is 0.515. The van der Waals surface area contributed by atoms with Gasteiger partial charge in [-0.15, -0.1) is 0 Å². The number of hydrogen-bond acceptors (Lipinski definition) is 4. The Morgan fingerprint density at radius 2 is 2.22 bits per heavy atom. The van der Waals surface area contributed by atoms with Gasteiger partial charge in [0.1, 0.15) is 11.5 Å². The molecular formula is C14H16O4. The average Bonchev–Trinajstić information content (AvgIpc) is 2.77. The first-order chi connectivity index (χ1) is 8.44. The average molecular weight is 248 g/mol. The van der Waals surface area contributed by atoms with Crippen molar-refractivity contribution in [2.24, 2.45) is 5.41 Å². The molecule has 1 N–H and O–H groups in total. The molecule has 4 rings (SSSR count). The Morgan fingerprint density at radius 3 is 3.00 bits per heavy atom. The van der Waals surface area contributed by atoms with Gasteiger partial charge < -0.3 is 14.6 Å². The number of ether oxygens (including phenoxy) is 2. The van der Waals surface area contributed by atoms with E-state index >= 15 is 0 Å². The van der Waals surface area contributed by atoms with E-state index in [1.165, 1.54) is 5.57 Å². The van der Waals surface area contributed by atoms with Gasteiger partial charge in [-0.1, -0.05) is 17.7 Å². The van der Waals surface area contributed by atoms with Crippen molar-refractivity contribution in [3.8, 4) is 0 Å². The second kappa shape index (κ2) is 2.73. The highest BCUT2D eigenvalue weighted by atomic mass is 16.6. The third kappa shape index (κ3) is 0.798. The Bertz CT molecular complexity index is 522. The van der Waals surface area contributed by atoms with Gasteiger partial charge in [0.05, 0.1) is 6.10 Å². The number of carbonyl (C=O) groups excluding carboxylic acids is 1. The van der Waals surface area contributed by atoms with Gasteiger partial charge in [0.25, 0.3) is 0 Å². The number of hydrogen-bond donors (Lipinski definition) is 1. The molecule has 96 valence electrons. The Balaban J connectivity index is 1.98. The van der Waals surface area contributed by atoms with E-state index in [9.17, 15) is 9.90 Å². The van der Waals surface area contributed by atoms with Gasteiger partial charge in [-0.3, -0.25) is 4.79 Å². The highest BCUT2D eigenvalue weighted by Crippen LogP contribution is 2.65. The van der Waals surface area contributed by atoms with E-state index in [-0.39, 0.29) is 12.1 Å². The molecule has 2 heterocycles. The second-order valence-electron chi connectivity index (χ2n) is 6.08. The van der Waals surface area contributed by atoms with Gasteiger partial charge in [-0.2, -0.15) is 0 Å². The van der Waals surface area contributed by atoms with Gasteiger partial charge >= 0.3 is 5.97 Å². The molecule has 18 heavy (non-hydrogen) atoms. The minimum Gasteiger partial charge on any atom is -0.451 e. The van der Waals surface area contributed by atoms with Crippen molar-refractivity contribution in [3.05, 3.63) is 23.8 Å². The molecule has 2 saturated heterocycles. The van der Waals surface area contributed by atoms with Crippen molar-refractivity contribution >= 4 is 5.97 Å². The van der Waals surface area contributed by atoms with Crippen LogP contribution in [0, 0.1) is 5.41 Å². The molecule has 4 nitrogen and oxygen atoms in total. The van der Waals surface area contributed by atoms with E-state index in [0.717, 1.165) is 6.42 Å². The molecular weight excluding hydrogens is 232 g/mol. The molecule has 0 unspecified atom stereocenters. The van der Waals surface area contributed by atoms with Crippen LogP contribution in [0.15, 0.2) is 23.8 Å². The fourth-order valence-corrected chi connectivity index (χ4v) is 4.17. The van der Waals surface area contributed by atoms with Gasteiger partial charge in [-0.25, -0.2) is 0 Å². The molecule has 1 spiro atoms. The van der Waals surface area contributed by atoms with Crippen molar-refractivity contribution in [2.75, 3.05) is 0 Å².